The van der Waals surface area contributed by atoms with E-state index < -0.39 is 6.04 Å². The summed E-state index contributed by atoms with van der Waals surface area (Å²) in [7, 11) is 0. The average Bonchev–Trinajstić information content (AvgIpc) is 3.53. The molecule has 1 aliphatic carbocycles. The Labute approximate surface area is 243 Å². The molecule has 3 aliphatic rings. The van der Waals surface area contributed by atoms with Gasteiger partial charge in [0.25, 0.3) is 5.91 Å². The number of carbonyl (C=O) groups excluding carboxylic acids is 2. The molecule has 3 N–H and O–H groups in total. The largest absolute Gasteiger partial charge is 0.377 e. The fourth-order valence-corrected chi connectivity index (χ4v) is 6.90. The maximum Gasteiger partial charge on any atom is 0.254 e. The summed E-state index contributed by atoms with van der Waals surface area (Å²) in [5.41, 5.74) is 7.57. The summed E-state index contributed by atoms with van der Waals surface area (Å²) in [4.78, 5) is 31.6. The van der Waals surface area contributed by atoms with Gasteiger partial charge in [0.15, 0.2) is 0 Å². The molecule has 0 aromatic heterocycles. The van der Waals surface area contributed by atoms with E-state index in [1.165, 1.54) is 29.8 Å². The van der Waals surface area contributed by atoms with Crippen LogP contribution < -0.4 is 11.1 Å². The van der Waals surface area contributed by atoms with Crippen molar-refractivity contribution in [2.24, 2.45) is 17.6 Å². The van der Waals surface area contributed by atoms with Crippen LogP contribution >= 0.6 is 0 Å². The molecule has 5 atom stereocenters. The Balaban J connectivity index is 1.33. The van der Waals surface area contributed by atoms with E-state index in [9.17, 15) is 14.0 Å². The van der Waals surface area contributed by atoms with Crippen LogP contribution in [0.5, 0.6) is 0 Å². The molecule has 2 saturated heterocycles. The second-order valence-corrected chi connectivity index (χ2v) is 12.1. The van der Waals surface area contributed by atoms with Crippen LogP contribution in [0.2, 0.25) is 0 Å². The fourth-order valence-electron chi connectivity index (χ4n) is 6.90. The van der Waals surface area contributed by atoms with Crippen LogP contribution in [0.1, 0.15) is 67.3 Å². The van der Waals surface area contributed by atoms with E-state index in [1.54, 1.807) is 4.90 Å². The predicted molar refractivity (Wildman–Crippen MR) is 158 cm³/mol. The zero-order chi connectivity index (χ0) is 28.6. The van der Waals surface area contributed by atoms with Gasteiger partial charge >= 0.3 is 0 Å². The third-order valence-electron chi connectivity index (χ3n) is 9.23. The molecule has 2 aliphatic heterocycles. The van der Waals surface area contributed by atoms with E-state index in [0.29, 0.717) is 43.5 Å². The fraction of sp³-hybridized carbons (Fsp3) is 0.576. The summed E-state index contributed by atoms with van der Waals surface area (Å²) >= 11 is 0. The van der Waals surface area contributed by atoms with Gasteiger partial charge in [-0.25, -0.2) is 4.39 Å². The molecule has 0 spiro atoms. The van der Waals surface area contributed by atoms with Gasteiger partial charge in [-0.2, -0.15) is 0 Å². The molecule has 2 aromatic carbocycles. The van der Waals surface area contributed by atoms with Crippen molar-refractivity contribution in [1.82, 2.24) is 15.1 Å². The molecular weight excluding hydrogens is 519 g/mol. The first kappa shape index (κ1) is 29.7. The number of nitrogens with two attached hydrogens (primary N) is 1. The zero-order valence-corrected chi connectivity index (χ0v) is 24.1. The molecular formula is C33H45FN4O3. The SMILES string of the molecule is NCC1CCCC(CNC(=O)[C@H]2CC(N(Cc3ccccc3)CC3CCCO3)CCN2C(=O)c2ccc(F)cc2)C1. The standard InChI is InChI=1S/C33H45FN4O3/c34-28-13-11-27(12-14-28)33(40)38-16-15-29(19-31(38)32(39)36-21-26-9-4-8-25(18-26)20-35)37(23-30-10-5-17-41-30)22-24-6-2-1-3-7-24/h1-3,6-7,11-14,25-26,29-31H,4-5,8-10,15-23,35H2,(H,36,39)/t25?,26?,29?,30?,31-/m1/s1. The van der Waals surface area contributed by atoms with Crippen molar-refractivity contribution in [3.63, 3.8) is 0 Å². The number of nitrogens with one attached hydrogen (secondary N) is 1. The predicted octanol–water partition coefficient (Wildman–Crippen LogP) is 4.36. The highest BCUT2D eigenvalue weighted by Crippen LogP contribution is 2.30. The Morgan fingerprint density at radius 3 is 2.49 bits per heavy atom. The minimum atomic E-state index is -0.594. The molecule has 41 heavy (non-hydrogen) atoms. The van der Waals surface area contributed by atoms with Gasteiger partial charge in [-0.15, -0.1) is 0 Å². The van der Waals surface area contributed by atoms with E-state index in [1.807, 2.05) is 6.07 Å². The normalized spacial score (nSPS) is 26.7. The molecule has 2 amide bonds. The van der Waals surface area contributed by atoms with Crippen molar-refractivity contribution in [3.8, 4) is 0 Å². The summed E-state index contributed by atoms with van der Waals surface area (Å²) < 4.78 is 19.6. The highest BCUT2D eigenvalue weighted by Gasteiger charge is 2.39. The van der Waals surface area contributed by atoms with Crippen LogP contribution in [-0.4, -0.2) is 72.6 Å². The van der Waals surface area contributed by atoms with Gasteiger partial charge in [-0.1, -0.05) is 36.8 Å². The van der Waals surface area contributed by atoms with Gasteiger partial charge in [-0.05, 0) is 93.2 Å². The van der Waals surface area contributed by atoms with Gasteiger partial charge in [0, 0.05) is 44.4 Å². The molecule has 2 heterocycles. The average molecular weight is 565 g/mol. The van der Waals surface area contributed by atoms with Crippen LogP contribution in [0, 0.1) is 17.7 Å². The van der Waals surface area contributed by atoms with Crippen molar-refractivity contribution in [3.05, 3.63) is 71.5 Å². The second kappa shape index (κ2) is 14.4. The monoisotopic (exact) mass is 564 g/mol. The molecule has 4 unspecified atom stereocenters. The molecule has 5 rings (SSSR count). The van der Waals surface area contributed by atoms with Crippen molar-refractivity contribution < 1.29 is 18.7 Å². The van der Waals surface area contributed by atoms with E-state index in [-0.39, 0.29) is 29.8 Å². The van der Waals surface area contributed by atoms with Crippen molar-refractivity contribution in [1.29, 1.82) is 0 Å². The quantitative estimate of drug-likeness (QED) is 0.448. The first-order valence-electron chi connectivity index (χ1n) is 15.4. The summed E-state index contributed by atoms with van der Waals surface area (Å²) in [6.07, 6.45) is 8.04. The van der Waals surface area contributed by atoms with E-state index in [4.69, 9.17) is 10.5 Å². The molecule has 1 saturated carbocycles. The number of carbonyl (C=O) groups is 2. The first-order chi connectivity index (χ1) is 20.0. The molecule has 7 nitrogen and oxygen atoms in total. The number of amides is 2. The van der Waals surface area contributed by atoms with Crippen molar-refractivity contribution in [2.75, 3.05) is 32.8 Å². The molecule has 222 valence electrons. The highest BCUT2D eigenvalue weighted by atomic mass is 19.1. The van der Waals surface area contributed by atoms with Crippen molar-refractivity contribution in [2.45, 2.75) is 76.1 Å². The van der Waals surface area contributed by atoms with Crippen molar-refractivity contribution >= 4 is 11.8 Å². The van der Waals surface area contributed by atoms with Gasteiger partial charge in [0.1, 0.15) is 11.9 Å². The number of hydrogen-bond donors (Lipinski definition) is 2. The Morgan fingerprint density at radius 2 is 1.76 bits per heavy atom. The lowest BCUT2D eigenvalue weighted by Crippen LogP contribution is -2.58. The van der Waals surface area contributed by atoms with Crippen LogP contribution in [0.3, 0.4) is 0 Å². The molecule has 2 aromatic rings. The lowest BCUT2D eigenvalue weighted by atomic mass is 9.81. The summed E-state index contributed by atoms with van der Waals surface area (Å²) in [5.74, 6) is 0.222. The minimum absolute atomic E-state index is 0.100. The number of nitrogens with zero attached hydrogens (tertiary/aromatic N) is 2. The maximum atomic E-state index is 13.8. The van der Waals surface area contributed by atoms with Gasteiger partial charge in [0.05, 0.1) is 6.10 Å². The van der Waals surface area contributed by atoms with Gasteiger partial charge in [-0.3, -0.25) is 14.5 Å². The van der Waals surface area contributed by atoms with E-state index in [0.717, 1.165) is 64.6 Å². The minimum Gasteiger partial charge on any atom is -0.377 e. The molecule has 0 radical (unpaired) electrons. The Morgan fingerprint density at radius 1 is 0.976 bits per heavy atom. The molecule has 8 heteroatoms. The topological polar surface area (TPSA) is 87.9 Å². The number of hydrogen-bond acceptors (Lipinski definition) is 5. The van der Waals surface area contributed by atoms with Crippen LogP contribution in [0.4, 0.5) is 4.39 Å². The summed E-state index contributed by atoms with van der Waals surface area (Å²) in [6.45, 7) is 4.14. The maximum absolute atomic E-state index is 13.8. The number of halogens is 1. The number of ether oxygens (including phenoxy) is 1. The Kier molecular flexibility index (Phi) is 10.4. The zero-order valence-electron chi connectivity index (χ0n) is 24.1. The lowest BCUT2D eigenvalue weighted by molar-refractivity contribution is -0.128. The van der Waals surface area contributed by atoms with Gasteiger partial charge < -0.3 is 20.7 Å². The third kappa shape index (κ3) is 7.93. The third-order valence-corrected chi connectivity index (χ3v) is 9.23. The summed E-state index contributed by atoms with van der Waals surface area (Å²) in [6, 6.07) is 15.6. The number of rotatable bonds is 10. The van der Waals surface area contributed by atoms with Gasteiger partial charge in [0.2, 0.25) is 5.91 Å². The summed E-state index contributed by atoms with van der Waals surface area (Å²) in [5, 5.41) is 3.22. The Hall–Kier alpha value is -2.81. The van der Waals surface area contributed by atoms with E-state index in [2.05, 4.69) is 34.5 Å². The lowest BCUT2D eigenvalue weighted by Gasteiger charge is -2.43. The molecule has 0 bridgehead atoms. The van der Waals surface area contributed by atoms with E-state index >= 15 is 0 Å². The second-order valence-electron chi connectivity index (χ2n) is 12.1. The first-order valence-corrected chi connectivity index (χ1v) is 15.4. The smallest absolute Gasteiger partial charge is 0.254 e. The highest BCUT2D eigenvalue weighted by molar-refractivity contribution is 5.97. The molecule has 3 fully saturated rings. The van der Waals surface area contributed by atoms with Crippen LogP contribution in [0.25, 0.3) is 0 Å². The number of likely N-dealkylation sites (tertiary alicyclic amines) is 1. The Bertz CT molecular complexity index is 1130. The van der Waals surface area contributed by atoms with Crippen LogP contribution in [-0.2, 0) is 16.1 Å². The van der Waals surface area contributed by atoms with Crippen LogP contribution in [0.15, 0.2) is 54.6 Å². The number of piperidine rings is 1. The number of benzene rings is 2.